The van der Waals surface area contributed by atoms with E-state index in [0.717, 1.165) is 0 Å². The lowest BCUT2D eigenvalue weighted by atomic mass is 10.1. The second-order valence-electron chi connectivity index (χ2n) is 11.4. The van der Waals surface area contributed by atoms with Crippen molar-refractivity contribution >= 4 is 49.7 Å². The highest BCUT2D eigenvalue weighted by molar-refractivity contribution is 7.48. The van der Waals surface area contributed by atoms with E-state index in [-0.39, 0.29) is 46.9 Å². The number of rotatable bonds is 5. The number of nitrogen functional groups attached to an aromatic ring is 2. The number of aliphatic hydroxyl groups excluding tert-OH is 2. The number of nitrogens with one attached hydrogen (secondary N) is 1. The Balaban J connectivity index is 1.21. The number of ether oxygens (including phenoxy) is 1. The summed E-state index contributed by atoms with van der Waals surface area (Å²) in [5.74, 6) is -1.14. The molecule has 3 aliphatic rings. The monoisotopic (exact) mass is 725 g/mol. The summed E-state index contributed by atoms with van der Waals surface area (Å²) in [5, 5.41) is 31.9. The standard InChI is InChI=1S/C24H29N11O12P2/c25-2-1-3-42-49(41)44-5-10-4-11(34-8-31-14-21(34)32-24(27)33-22(14)38)15(36)17(10)46-48(39,40)43-6-12-18(47-49)16(37)23(45-12)35-9-30-13-19(26)28-7-29-20(13)35/h7-12,15-18,23,36-37H,1,3-6H2,(H,39,40)(H2,26,28,29)(H3,27,32,33,38)/t10-,11-,12-,15+,16-,17-,18-,23-,49?/m1/s1. The third kappa shape index (κ3) is 6.22. The van der Waals surface area contributed by atoms with E-state index in [0.29, 0.717) is 0 Å². The lowest BCUT2D eigenvalue weighted by Crippen LogP contribution is -2.38. The molecule has 25 heteroatoms. The average molecular weight is 726 g/mol. The van der Waals surface area contributed by atoms with Crippen LogP contribution < -0.4 is 17.0 Å². The van der Waals surface area contributed by atoms with Gasteiger partial charge < -0.3 is 35.9 Å². The predicted molar refractivity (Wildman–Crippen MR) is 161 cm³/mol. The van der Waals surface area contributed by atoms with Crippen LogP contribution in [0, 0.1) is 17.2 Å². The number of phosphoric ester groups is 2. The molecule has 23 nitrogen and oxygen atoms in total. The third-order valence-corrected chi connectivity index (χ3v) is 10.8. The maximum atomic E-state index is 14.1. The maximum Gasteiger partial charge on any atom is 0.475 e. The summed E-state index contributed by atoms with van der Waals surface area (Å²) >= 11 is 0. The zero-order valence-corrected chi connectivity index (χ0v) is 26.8. The number of H-pyrrole nitrogens is 1. The average Bonchev–Trinajstić information content (AvgIpc) is 3.81. The van der Waals surface area contributed by atoms with E-state index in [9.17, 15) is 29.0 Å². The Bertz CT molecular complexity index is 2090. The Morgan fingerprint density at radius 3 is 2.59 bits per heavy atom. The van der Waals surface area contributed by atoms with Crippen LogP contribution in [0.15, 0.2) is 23.8 Å². The molecule has 2 saturated heterocycles. The first-order valence-electron chi connectivity index (χ1n) is 14.6. The van der Waals surface area contributed by atoms with Gasteiger partial charge in [0.15, 0.2) is 28.9 Å². The number of aromatic nitrogens is 8. The molecule has 6 heterocycles. The molecule has 49 heavy (non-hydrogen) atoms. The first kappa shape index (κ1) is 33.6. The Morgan fingerprint density at radius 2 is 1.80 bits per heavy atom. The number of aliphatic hydroxyl groups is 2. The van der Waals surface area contributed by atoms with Gasteiger partial charge in [0.05, 0.1) is 51.0 Å². The number of phosphoric acid groups is 2. The van der Waals surface area contributed by atoms with E-state index in [4.69, 9.17) is 44.1 Å². The lowest BCUT2D eigenvalue weighted by molar-refractivity contribution is -0.0616. The number of nitrogens with zero attached hydrogens (tertiary/aromatic N) is 8. The van der Waals surface area contributed by atoms with E-state index in [1.807, 2.05) is 6.07 Å². The Labute approximate surface area is 273 Å². The molecule has 262 valence electrons. The SMILES string of the molecule is N#CCCOP1(=O)OC[C@H]2C[C@@H](n3cnc4c(=O)[nH]c(N)nc43)[C@H](O)[C@@H]2OP(=O)(O)OC[C@H]2O[C@@H](n3cnc4c(N)ncnc43)[C@H](O)[C@@H]2O1. The molecule has 10 atom stereocenters. The first-order valence-corrected chi connectivity index (χ1v) is 17.6. The van der Waals surface area contributed by atoms with Gasteiger partial charge in [-0.2, -0.15) is 10.2 Å². The third-order valence-electron chi connectivity index (χ3n) is 8.34. The van der Waals surface area contributed by atoms with Crippen LogP contribution in [0.1, 0.15) is 25.1 Å². The molecule has 4 aromatic rings. The van der Waals surface area contributed by atoms with Gasteiger partial charge in [-0.3, -0.25) is 37.0 Å². The quantitative estimate of drug-likeness (QED) is 0.109. The summed E-state index contributed by atoms with van der Waals surface area (Å²) in [5.41, 5.74) is 11.3. The number of aromatic amines is 1. The molecule has 2 aliphatic heterocycles. The van der Waals surface area contributed by atoms with Gasteiger partial charge in [-0.1, -0.05) is 0 Å². The topological polar surface area (TPSA) is 333 Å². The molecular weight excluding hydrogens is 696 g/mol. The van der Waals surface area contributed by atoms with E-state index < -0.39 is 89.7 Å². The molecule has 2 unspecified atom stereocenters. The Kier molecular flexibility index (Phi) is 8.75. The molecule has 0 bridgehead atoms. The molecule has 3 fully saturated rings. The molecule has 7 rings (SSSR count). The number of hydrogen-bond donors (Lipinski definition) is 6. The van der Waals surface area contributed by atoms with Gasteiger partial charge in [0.1, 0.15) is 42.4 Å². The Hall–Kier alpha value is -3.91. The highest BCUT2D eigenvalue weighted by Gasteiger charge is 2.54. The van der Waals surface area contributed by atoms with Gasteiger partial charge in [0.25, 0.3) is 5.56 Å². The van der Waals surface area contributed by atoms with E-state index in [1.54, 1.807) is 0 Å². The second kappa shape index (κ2) is 12.8. The molecular formula is C24H29N11O12P2. The van der Waals surface area contributed by atoms with Crippen LogP contribution in [0.5, 0.6) is 0 Å². The van der Waals surface area contributed by atoms with Gasteiger partial charge in [-0.25, -0.2) is 29.1 Å². The summed E-state index contributed by atoms with van der Waals surface area (Å²) in [6.07, 6.45) is -5.56. The highest BCUT2D eigenvalue weighted by atomic mass is 31.2. The molecule has 0 radical (unpaired) electrons. The van der Waals surface area contributed by atoms with Crippen LogP contribution in [-0.4, -0.2) is 104 Å². The smallest absolute Gasteiger partial charge is 0.388 e. The zero-order valence-electron chi connectivity index (χ0n) is 25.0. The van der Waals surface area contributed by atoms with Crippen LogP contribution in [0.4, 0.5) is 11.8 Å². The van der Waals surface area contributed by atoms with Crippen molar-refractivity contribution in [1.82, 2.24) is 39.0 Å². The van der Waals surface area contributed by atoms with Crippen molar-refractivity contribution in [2.45, 2.75) is 55.6 Å². The first-order chi connectivity index (χ1) is 23.4. The zero-order chi connectivity index (χ0) is 34.7. The number of nitriles is 1. The van der Waals surface area contributed by atoms with E-state index in [1.165, 1.54) is 28.1 Å². The summed E-state index contributed by atoms with van der Waals surface area (Å²) in [4.78, 5) is 45.8. The minimum Gasteiger partial charge on any atom is -0.388 e. The number of fused-ring (bicyclic) bond motifs is 4. The fraction of sp³-hybridized carbons (Fsp3) is 0.542. The van der Waals surface area contributed by atoms with Crippen LogP contribution in [0.2, 0.25) is 0 Å². The Morgan fingerprint density at radius 1 is 1.02 bits per heavy atom. The van der Waals surface area contributed by atoms with Crippen LogP contribution >= 0.6 is 15.6 Å². The number of nitrogens with two attached hydrogens (primary N) is 2. The number of imidazole rings is 2. The second-order valence-corrected chi connectivity index (χ2v) is 14.4. The van der Waals surface area contributed by atoms with Crippen molar-refractivity contribution < 1.29 is 51.6 Å². The van der Waals surface area contributed by atoms with Gasteiger partial charge in [-0.15, -0.1) is 0 Å². The van der Waals surface area contributed by atoms with Crippen molar-refractivity contribution in [1.29, 1.82) is 5.26 Å². The molecule has 1 aliphatic carbocycles. The largest absolute Gasteiger partial charge is 0.475 e. The minimum absolute atomic E-state index is 0.0224. The van der Waals surface area contributed by atoms with Crippen molar-refractivity contribution in [2.75, 3.05) is 31.3 Å². The van der Waals surface area contributed by atoms with Crippen molar-refractivity contribution in [2.24, 2.45) is 5.92 Å². The van der Waals surface area contributed by atoms with Crippen LogP contribution in [0.3, 0.4) is 0 Å². The number of hydrogen-bond acceptors (Lipinski definition) is 19. The normalized spacial score (nSPS) is 35.4. The molecule has 0 aromatic carbocycles. The number of anilines is 2. The maximum absolute atomic E-state index is 14.1. The predicted octanol–water partition coefficient (Wildman–Crippen LogP) is -0.740. The fourth-order valence-electron chi connectivity index (χ4n) is 6.12. The summed E-state index contributed by atoms with van der Waals surface area (Å²) in [7, 11) is -9.68. The van der Waals surface area contributed by atoms with Gasteiger partial charge in [0.2, 0.25) is 5.95 Å². The van der Waals surface area contributed by atoms with Crippen LogP contribution in [0.25, 0.3) is 22.3 Å². The van der Waals surface area contributed by atoms with Crippen molar-refractivity contribution in [3.05, 3.63) is 29.3 Å². The molecule has 0 spiro atoms. The minimum atomic E-state index is -5.00. The highest BCUT2D eigenvalue weighted by Crippen LogP contribution is 2.57. The van der Waals surface area contributed by atoms with Gasteiger partial charge in [0, 0.05) is 5.92 Å². The van der Waals surface area contributed by atoms with E-state index in [2.05, 4.69) is 29.9 Å². The molecule has 1 saturated carbocycles. The lowest BCUT2D eigenvalue weighted by Gasteiger charge is -2.30. The van der Waals surface area contributed by atoms with E-state index >= 15 is 0 Å². The van der Waals surface area contributed by atoms with Crippen molar-refractivity contribution in [3.63, 3.8) is 0 Å². The fourth-order valence-corrected chi connectivity index (χ4v) is 8.56. The summed E-state index contributed by atoms with van der Waals surface area (Å²) in [6, 6.07) is 0.885. The van der Waals surface area contributed by atoms with Crippen LogP contribution in [-0.2, 0) is 36.5 Å². The van der Waals surface area contributed by atoms with Crippen molar-refractivity contribution in [3.8, 4) is 6.07 Å². The molecule has 0 amide bonds. The summed E-state index contributed by atoms with van der Waals surface area (Å²) < 4.78 is 63.7. The van der Waals surface area contributed by atoms with Gasteiger partial charge >= 0.3 is 15.6 Å². The molecule has 8 N–H and O–H groups in total. The van der Waals surface area contributed by atoms with Gasteiger partial charge in [-0.05, 0) is 6.42 Å². The molecule has 4 aromatic heterocycles. The summed E-state index contributed by atoms with van der Waals surface area (Å²) in [6.45, 7) is -1.71.